The summed E-state index contributed by atoms with van der Waals surface area (Å²) in [7, 11) is -2.06. The summed E-state index contributed by atoms with van der Waals surface area (Å²) >= 11 is 0. The maximum atomic E-state index is 11.4. The van der Waals surface area contributed by atoms with Gasteiger partial charge < -0.3 is 23.7 Å². The van der Waals surface area contributed by atoms with Crippen molar-refractivity contribution in [3.63, 3.8) is 0 Å². The Bertz CT molecular complexity index is 507. The Hall–Kier alpha value is -1.22. The molecule has 24 heavy (non-hydrogen) atoms. The van der Waals surface area contributed by atoms with Crippen LogP contribution < -0.4 is 0 Å². The average molecular weight is 360 g/mol. The number of carbonyl (C=O) groups excluding carboxylic acids is 2. The van der Waals surface area contributed by atoms with E-state index >= 15 is 0 Å². The second kappa shape index (κ2) is 7.77. The van der Waals surface area contributed by atoms with Gasteiger partial charge in [-0.1, -0.05) is 20.8 Å². The van der Waals surface area contributed by atoms with Gasteiger partial charge in [0.05, 0.1) is 6.61 Å². The van der Waals surface area contributed by atoms with Gasteiger partial charge in [0.15, 0.2) is 26.5 Å². The van der Waals surface area contributed by atoms with Gasteiger partial charge in [0, 0.05) is 19.9 Å². The summed E-state index contributed by atoms with van der Waals surface area (Å²) in [5, 5.41) is 9.82. The molecule has 0 aromatic heterocycles. The van der Waals surface area contributed by atoms with Crippen LogP contribution in [0.4, 0.5) is 0 Å². The number of carbonyl (C=O) groups is 2. The third-order valence-corrected chi connectivity index (χ3v) is 8.71. The van der Waals surface area contributed by atoms with Gasteiger partial charge in [-0.25, -0.2) is 0 Å². The van der Waals surface area contributed by atoms with Crippen LogP contribution >= 0.6 is 0 Å². The second-order valence-corrected chi connectivity index (χ2v) is 12.1. The fourth-order valence-corrected chi connectivity index (χ4v) is 2.93. The summed E-state index contributed by atoms with van der Waals surface area (Å²) in [6.45, 7) is 13.1. The third kappa shape index (κ3) is 5.69. The van der Waals surface area contributed by atoms with Crippen LogP contribution in [0.5, 0.6) is 0 Å². The SMILES string of the molecule is CC(=O)OC1=C[C@@H](O)O[C@H](CO[Si](C)(C)C(C)(C)C)[C@@H]1OC(C)=O. The molecule has 8 heteroatoms. The van der Waals surface area contributed by atoms with E-state index in [1.54, 1.807) is 0 Å². The van der Waals surface area contributed by atoms with Crippen molar-refractivity contribution in [1.82, 2.24) is 0 Å². The highest BCUT2D eigenvalue weighted by molar-refractivity contribution is 6.74. The van der Waals surface area contributed by atoms with E-state index in [9.17, 15) is 14.7 Å². The zero-order chi connectivity index (χ0) is 18.7. The first-order chi connectivity index (χ1) is 10.8. The average Bonchev–Trinajstić information content (AvgIpc) is 2.37. The molecule has 0 radical (unpaired) electrons. The predicted molar refractivity (Wildman–Crippen MR) is 89.4 cm³/mol. The Balaban J connectivity index is 2.96. The van der Waals surface area contributed by atoms with Crippen molar-refractivity contribution in [3.8, 4) is 0 Å². The minimum Gasteiger partial charge on any atom is -0.451 e. The number of hydrogen-bond donors (Lipinski definition) is 1. The zero-order valence-corrected chi connectivity index (χ0v) is 16.4. The van der Waals surface area contributed by atoms with Crippen LogP contribution in [0.1, 0.15) is 34.6 Å². The Morgan fingerprint density at radius 3 is 2.29 bits per heavy atom. The van der Waals surface area contributed by atoms with Crippen molar-refractivity contribution in [1.29, 1.82) is 0 Å². The second-order valence-electron chi connectivity index (χ2n) is 7.33. The molecule has 0 aromatic carbocycles. The lowest BCUT2D eigenvalue weighted by molar-refractivity contribution is -0.188. The van der Waals surface area contributed by atoms with Crippen LogP contribution in [0.25, 0.3) is 0 Å². The van der Waals surface area contributed by atoms with E-state index in [1.807, 2.05) is 0 Å². The Kier molecular flexibility index (Phi) is 6.74. The normalized spacial score (nSPS) is 25.0. The van der Waals surface area contributed by atoms with Gasteiger partial charge in [0.1, 0.15) is 6.10 Å². The maximum Gasteiger partial charge on any atom is 0.307 e. The molecule has 0 bridgehead atoms. The lowest BCUT2D eigenvalue weighted by atomic mass is 10.1. The fourth-order valence-electron chi connectivity index (χ4n) is 1.91. The van der Waals surface area contributed by atoms with Gasteiger partial charge in [0.25, 0.3) is 0 Å². The van der Waals surface area contributed by atoms with Gasteiger partial charge in [0.2, 0.25) is 0 Å². The van der Waals surface area contributed by atoms with Crippen LogP contribution in [0.2, 0.25) is 18.1 Å². The minimum atomic E-state index is -2.06. The predicted octanol–water partition coefficient (Wildman–Crippen LogP) is 2.10. The van der Waals surface area contributed by atoms with Gasteiger partial charge in [-0.05, 0) is 18.1 Å². The quantitative estimate of drug-likeness (QED) is 0.593. The monoisotopic (exact) mass is 360 g/mol. The standard InChI is InChI=1S/C16H28O7Si/c1-10(17)21-12-8-14(19)23-13(15(12)22-11(2)18)9-20-24(6,7)16(3,4)5/h8,13-15,19H,9H2,1-7H3/t13-,14+,15-/m1/s1. The number of ether oxygens (including phenoxy) is 3. The van der Waals surface area contributed by atoms with E-state index < -0.39 is 38.8 Å². The highest BCUT2D eigenvalue weighted by atomic mass is 28.4. The molecule has 1 N–H and O–H groups in total. The number of aliphatic hydroxyl groups excluding tert-OH is 1. The first-order valence-electron chi connectivity index (χ1n) is 7.88. The first kappa shape index (κ1) is 20.8. The highest BCUT2D eigenvalue weighted by Gasteiger charge is 2.42. The van der Waals surface area contributed by atoms with Crippen molar-refractivity contribution < 1.29 is 33.3 Å². The van der Waals surface area contributed by atoms with E-state index in [2.05, 4.69) is 33.9 Å². The summed E-state index contributed by atoms with van der Waals surface area (Å²) in [6, 6.07) is 0. The van der Waals surface area contributed by atoms with Crippen LogP contribution in [0.3, 0.4) is 0 Å². The summed E-state index contributed by atoms with van der Waals surface area (Å²) < 4.78 is 21.8. The van der Waals surface area contributed by atoms with Crippen LogP contribution in [-0.4, -0.2) is 50.5 Å². The van der Waals surface area contributed by atoms with Gasteiger partial charge in [-0.2, -0.15) is 0 Å². The molecule has 1 rings (SSSR count). The molecule has 0 unspecified atom stereocenters. The number of aliphatic hydroxyl groups is 1. The molecule has 0 spiro atoms. The molecular formula is C16H28O7Si. The molecule has 0 fully saturated rings. The highest BCUT2D eigenvalue weighted by Crippen LogP contribution is 2.37. The lowest BCUT2D eigenvalue weighted by Gasteiger charge is -2.39. The van der Waals surface area contributed by atoms with Crippen molar-refractivity contribution in [2.75, 3.05) is 6.61 Å². The largest absolute Gasteiger partial charge is 0.451 e. The molecule has 3 atom stereocenters. The smallest absolute Gasteiger partial charge is 0.307 e. The van der Waals surface area contributed by atoms with Crippen molar-refractivity contribution in [2.24, 2.45) is 0 Å². The molecule has 0 aromatic rings. The number of hydrogen-bond acceptors (Lipinski definition) is 7. The van der Waals surface area contributed by atoms with Gasteiger partial charge in [-0.15, -0.1) is 0 Å². The van der Waals surface area contributed by atoms with Crippen LogP contribution in [0, 0.1) is 0 Å². The van der Waals surface area contributed by atoms with Crippen molar-refractivity contribution in [3.05, 3.63) is 11.8 Å². The minimum absolute atomic E-state index is 0.00817. The molecule has 0 saturated heterocycles. The molecule has 1 heterocycles. The van der Waals surface area contributed by atoms with Crippen molar-refractivity contribution >= 4 is 20.3 Å². The maximum absolute atomic E-state index is 11.4. The topological polar surface area (TPSA) is 91.3 Å². The molecule has 1 aliphatic rings. The Morgan fingerprint density at radius 2 is 1.83 bits per heavy atom. The van der Waals surface area contributed by atoms with E-state index in [0.717, 1.165) is 0 Å². The zero-order valence-electron chi connectivity index (χ0n) is 15.4. The molecule has 0 amide bonds. The number of rotatable bonds is 5. The summed E-state index contributed by atoms with van der Waals surface area (Å²) in [6.07, 6.45) is -1.77. The van der Waals surface area contributed by atoms with E-state index in [0.29, 0.717) is 0 Å². The third-order valence-electron chi connectivity index (χ3n) is 4.21. The Labute approximate surface area is 144 Å². The van der Waals surface area contributed by atoms with E-state index in [-0.39, 0.29) is 17.4 Å². The molecule has 1 aliphatic heterocycles. The lowest BCUT2D eigenvalue weighted by Crippen LogP contribution is -2.49. The first-order valence-corrected chi connectivity index (χ1v) is 10.8. The molecule has 0 saturated carbocycles. The summed E-state index contributed by atoms with van der Waals surface area (Å²) in [5.74, 6) is -1.06. The van der Waals surface area contributed by atoms with E-state index in [4.69, 9.17) is 18.6 Å². The van der Waals surface area contributed by atoms with Gasteiger partial charge in [-0.3, -0.25) is 9.59 Å². The number of esters is 2. The van der Waals surface area contributed by atoms with Crippen LogP contribution in [0.15, 0.2) is 11.8 Å². The fraction of sp³-hybridized carbons (Fsp3) is 0.750. The van der Waals surface area contributed by atoms with E-state index in [1.165, 1.54) is 19.9 Å². The van der Waals surface area contributed by atoms with Gasteiger partial charge >= 0.3 is 11.9 Å². The van der Waals surface area contributed by atoms with Crippen LogP contribution in [-0.2, 0) is 28.2 Å². The molecule has 0 aliphatic carbocycles. The Morgan fingerprint density at radius 1 is 1.25 bits per heavy atom. The van der Waals surface area contributed by atoms with Crippen molar-refractivity contribution in [2.45, 2.75) is 71.2 Å². The molecule has 7 nitrogen and oxygen atoms in total. The summed E-state index contributed by atoms with van der Waals surface area (Å²) in [5.41, 5.74) is 0. The molecule has 138 valence electrons. The summed E-state index contributed by atoms with van der Waals surface area (Å²) in [4.78, 5) is 22.6. The molecular weight excluding hydrogens is 332 g/mol.